The molecular formula is C15H14FN5O2. The number of fused-ring (bicyclic) bond motifs is 1. The summed E-state index contributed by atoms with van der Waals surface area (Å²) in [6.07, 6.45) is 1.48. The van der Waals surface area contributed by atoms with Crippen molar-refractivity contribution in [3.8, 4) is 0 Å². The van der Waals surface area contributed by atoms with E-state index in [0.717, 1.165) is 0 Å². The molecule has 0 bridgehead atoms. The number of allylic oxidation sites excluding steroid dienone is 1. The van der Waals surface area contributed by atoms with Gasteiger partial charge in [-0.1, -0.05) is 29.9 Å². The lowest BCUT2D eigenvalue weighted by Crippen LogP contribution is -2.29. The van der Waals surface area contributed by atoms with Crippen molar-refractivity contribution in [2.24, 2.45) is 0 Å². The number of aromatic nitrogens is 4. The smallest absolute Gasteiger partial charge is 0.338 e. The second kappa shape index (κ2) is 5.99. The second-order valence-electron chi connectivity index (χ2n) is 4.96. The maximum Gasteiger partial charge on any atom is 0.338 e. The molecule has 2 heterocycles. The number of tetrazole rings is 1. The molecule has 23 heavy (non-hydrogen) atoms. The van der Waals surface area contributed by atoms with Gasteiger partial charge >= 0.3 is 5.97 Å². The van der Waals surface area contributed by atoms with Crippen LogP contribution in [-0.4, -0.2) is 32.8 Å². The maximum absolute atomic E-state index is 13.6. The second-order valence-corrected chi connectivity index (χ2v) is 4.96. The van der Waals surface area contributed by atoms with Gasteiger partial charge in [0.15, 0.2) is 0 Å². The molecule has 1 N–H and O–H groups in total. The summed E-state index contributed by atoms with van der Waals surface area (Å²) in [6.45, 7) is 5.31. The van der Waals surface area contributed by atoms with Gasteiger partial charge in [-0.15, -0.1) is 0 Å². The predicted octanol–water partition coefficient (Wildman–Crippen LogP) is 1.83. The van der Waals surface area contributed by atoms with Gasteiger partial charge in [-0.2, -0.15) is 4.68 Å². The number of carbonyl (C=O) groups excluding carboxylic acids is 1. The molecule has 7 nitrogen and oxygen atoms in total. The summed E-state index contributed by atoms with van der Waals surface area (Å²) in [5.41, 5.74) is 1.41. The molecular weight excluding hydrogens is 301 g/mol. The standard InChI is InChI=1S/C15H14FN5O2/c1-3-7-23-14(22)12-9(2)17-15-18-19-20-21(15)13(12)10-5-4-6-11(16)8-10/h3-6,8,13H,1,7H2,2H3,(H,17,18,20). The Kier molecular flexibility index (Phi) is 3.88. The number of ether oxygens (including phenoxy) is 1. The topological polar surface area (TPSA) is 81.9 Å². The third-order valence-corrected chi connectivity index (χ3v) is 3.43. The van der Waals surface area contributed by atoms with E-state index < -0.39 is 17.8 Å². The van der Waals surface area contributed by atoms with E-state index in [0.29, 0.717) is 22.8 Å². The van der Waals surface area contributed by atoms with Crippen LogP contribution in [0.15, 0.2) is 48.2 Å². The van der Waals surface area contributed by atoms with E-state index in [4.69, 9.17) is 4.74 Å². The molecule has 0 saturated carbocycles. The lowest BCUT2D eigenvalue weighted by molar-refractivity contribution is -0.138. The number of hydrogen-bond donors (Lipinski definition) is 1. The summed E-state index contributed by atoms with van der Waals surface area (Å²) in [4.78, 5) is 12.4. The van der Waals surface area contributed by atoms with Crippen LogP contribution in [0.25, 0.3) is 0 Å². The van der Waals surface area contributed by atoms with Gasteiger partial charge in [0.1, 0.15) is 18.5 Å². The van der Waals surface area contributed by atoms with Crippen LogP contribution in [0.4, 0.5) is 10.3 Å². The third-order valence-electron chi connectivity index (χ3n) is 3.43. The van der Waals surface area contributed by atoms with E-state index in [-0.39, 0.29) is 6.61 Å². The molecule has 0 spiro atoms. The summed E-state index contributed by atoms with van der Waals surface area (Å²) < 4.78 is 20.2. The highest BCUT2D eigenvalue weighted by Gasteiger charge is 2.34. The maximum atomic E-state index is 13.6. The molecule has 1 aliphatic heterocycles. The number of anilines is 1. The Morgan fingerprint density at radius 1 is 1.57 bits per heavy atom. The van der Waals surface area contributed by atoms with Gasteiger partial charge in [0.25, 0.3) is 0 Å². The summed E-state index contributed by atoms with van der Waals surface area (Å²) in [6, 6.07) is 5.28. The first-order valence-corrected chi connectivity index (χ1v) is 6.91. The lowest BCUT2D eigenvalue weighted by Gasteiger charge is -2.27. The summed E-state index contributed by atoms with van der Waals surface area (Å²) >= 11 is 0. The van der Waals surface area contributed by atoms with Crippen LogP contribution in [0.5, 0.6) is 0 Å². The Hall–Kier alpha value is -3.03. The van der Waals surface area contributed by atoms with E-state index in [1.807, 2.05) is 0 Å². The van der Waals surface area contributed by atoms with Crippen molar-refractivity contribution in [2.75, 3.05) is 11.9 Å². The fourth-order valence-corrected chi connectivity index (χ4v) is 2.47. The number of nitrogens with one attached hydrogen (secondary N) is 1. The van der Waals surface area contributed by atoms with E-state index >= 15 is 0 Å². The Morgan fingerprint density at radius 3 is 3.13 bits per heavy atom. The molecule has 1 aromatic heterocycles. The van der Waals surface area contributed by atoms with Crippen molar-refractivity contribution in [2.45, 2.75) is 13.0 Å². The van der Waals surface area contributed by atoms with Crippen LogP contribution < -0.4 is 5.32 Å². The Balaban J connectivity index is 2.10. The first-order valence-electron chi connectivity index (χ1n) is 6.91. The molecule has 0 amide bonds. The number of halogens is 1. The van der Waals surface area contributed by atoms with Crippen LogP contribution >= 0.6 is 0 Å². The molecule has 0 radical (unpaired) electrons. The van der Waals surface area contributed by atoms with Crippen molar-refractivity contribution >= 4 is 11.9 Å². The Labute approximate surface area is 131 Å². The van der Waals surface area contributed by atoms with Crippen LogP contribution in [0.2, 0.25) is 0 Å². The number of esters is 1. The third kappa shape index (κ3) is 2.70. The minimum absolute atomic E-state index is 0.0773. The van der Waals surface area contributed by atoms with Crippen molar-refractivity contribution in [1.82, 2.24) is 20.2 Å². The number of hydrogen-bond acceptors (Lipinski definition) is 6. The Morgan fingerprint density at radius 2 is 2.39 bits per heavy atom. The molecule has 1 aromatic carbocycles. The normalized spacial score (nSPS) is 16.5. The minimum Gasteiger partial charge on any atom is -0.458 e. The van der Waals surface area contributed by atoms with E-state index in [9.17, 15) is 9.18 Å². The number of benzene rings is 1. The molecule has 1 unspecified atom stereocenters. The first-order chi connectivity index (χ1) is 11.1. The highest BCUT2D eigenvalue weighted by molar-refractivity contribution is 5.92. The van der Waals surface area contributed by atoms with E-state index in [1.165, 1.54) is 22.9 Å². The molecule has 3 rings (SSSR count). The first kappa shape index (κ1) is 14.9. The van der Waals surface area contributed by atoms with Gasteiger partial charge in [-0.3, -0.25) is 0 Å². The summed E-state index contributed by atoms with van der Waals surface area (Å²) in [5.74, 6) is -0.575. The van der Waals surface area contributed by atoms with Crippen molar-refractivity contribution in [3.63, 3.8) is 0 Å². The monoisotopic (exact) mass is 315 g/mol. The molecule has 1 atom stereocenters. The average molecular weight is 315 g/mol. The molecule has 0 fully saturated rings. The van der Waals surface area contributed by atoms with Crippen LogP contribution in [0.3, 0.4) is 0 Å². The molecule has 0 saturated heterocycles. The lowest BCUT2D eigenvalue weighted by atomic mass is 9.96. The average Bonchev–Trinajstić information content (AvgIpc) is 2.99. The van der Waals surface area contributed by atoms with Crippen molar-refractivity contribution in [1.29, 1.82) is 0 Å². The highest BCUT2D eigenvalue weighted by atomic mass is 19.1. The van der Waals surface area contributed by atoms with E-state index in [1.54, 1.807) is 19.1 Å². The minimum atomic E-state index is -0.672. The van der Waals surface area contributed by atoms with Gasteiger partial charge < -0.3 is 10.1 Å². The highest BCUT2D eigenvalue weighted by Crippen LogP contribution is 2.34. The van der Waals surface area contributed by atoms with Gasteiger partial charge in [0.2, 0.25) is 5.95 Å². The van der Waals surface area contributed by atoms with Crippen molar-refractivity contribution in [3.05, 3.63) is 59.6 Å². The SMILES string of the molecule is C=CCOC(=O)C1=C(C)Nc2nnnn2C1c1cccc(F)c1. The van der Waals surface area contributed by atoms with E-state index in [2.05, 4.69) is 27.4 Å². The predicted molar refractivity (Wildman–Crippen MR) is 79.8 cm³/mol. The quantitative estimate of drug-likeness (QED) is 0.685. The van der Waals surface area contributed by atoms with Gasteiger partial charge in [-0.05, 0) is 35.0 Å². The van der Waals surface area contributed by atoms with Crippen LogP contribution in [0.1, 0.15) is 18.5 Å². The van der Waals surface area contributed by atoms with Gasteiger partial charge in [0, 0.05) is 5.70 Å². The van der Waals surface area contributed by atoms with Gasteiger partial charge in [0.05, 0.1) is 5.57 Å². The fourth-order valence-electron chi connectivity index (χ4n) is 2.47. The summed E-state index contributed by atoms with van der Waals surface area (Å²) in [5, 5.41) is 14.3. The summed E-state index contributed by atoms with van der Waals surface area (Å²) in [7, 11) is 0. The Bertz CT molecular complexity index is 799. The number of rotatable bonds is 4. The zero-order valence-corrected chi connectivity index (χ0v) is 12.4. The largest absolute Gasteiger partial charge is 0.458 e. The molecule has 2 aromatic rings. The van der Waals surface area contributed by atoms with Crippen LogP contribution in [-0.2, 0) is 9.53 Å². The van der Waals surface area contributed by atoms with Crippen molar-refractivity contribution < 1.29 is 13.9 Å². The molecule has 0 aliphatic carbocycles. The van der Waals surface area contributed by atoms with Crippen LogP contribution in [0, 0.1) is 5.82 Å². The molecule has 118 valence electrons. The molecule has 1 aliphatic rings. The fraction of sp³-hybridized carbons (Fsp3) is 0.200. The van der Waals surface area contributed by atoms with Gasteiger partial charge in [-0.25, -0.2) is 9.18 Å². The number of nitrogens with zero attached hydrogens (tertiary/aromatic N) is 4. The number of carbonyl (C=O) groups is 1. The molecule has 8 heteroatoms. The zero-order chi connectivity index (χ0) is 16.4. The zero-order valence-electron chi connectivity index (χ0n) is 12.4.